The zero-order valence-electron chi connectivity index (χ0n) is 10.7. The zero-order chi connectivity index (χ0) is 14.1. The van der Waals surface area contributed by atoms with E-state index in [1.54, 1.807) is 6.07 Å². The Balaban J connectivity index is 1.86. The minimum atomic E-state index is -0.492. The van der Waals surface area contributed by atoms with Crippen LogP contribution in [0.4, 0.5) is 4.39 Å². The van der Waals surface area contributed by atoms with Crippen LogP contribution >= 0.6 is 0 Å². The van der Waals surface area contributed by atoms with Gasteiger partial charge in [0.1, 0.15) is 0 Å². The van der Waals surface area contributed by atoms with Crippen molar-refractivity contribution in [1.82, 2.24) is 15.5 Å². The first-order valence-electron chi connectivity index (χ1n) is 6.11. The van der Waals surface area contributed by atoms with Gasteiger partial charge in [-0.1, -0.05) is 5.16 Å². The van der Waals surface area contributed by atoms with Gasteiger partial charge in [-0.15, -0.1) is 0 Å². The minimum Gasteiger partial charge on any atom is -0.494 e. The third-order valence-electron chi connectivity index (χ3n) is 3.18. The highest BCUT2D eigenvalue weighted by Gasteiger charge is 2.28. The molecule has 0 radical (unpaired) electrons. The molecule has 0 unspecified atom stereocenters. The molecule has 104 valence electrons. The topological polar surface area (TPSA) is 77.3 Å². The number of carbonyl (C=O) groups excluding carboxylic acids is 1. The SMILES string of the molecule is COc1ccc(-c2noc([C@H]3CNC(=O)C3)n2)cc1F. The number of carbonyl (C=O) groups is 1. The summed E-state index contributed by atoms with van der Waals surface area (Å²) < 4.78 is 23.6. The lowest BCUT2D eigenvalue weighted by atomic mass is 10.1. The summed E-state index contributed by atoms with van der Waals surface area (Å²) in [5, 5.41) is 6.52. The van der Waals surface area contributed by atoms with Gasteiger partial charge in [-0.2, -0.15) is 4.98 Å². The van der Waals surface area contributed by atoms with Crippen LogP contribution in [0.25, 0.3) is 11.4 Å². The van der Waals surface area contributed by atoms with Gasteiger partial charge in [0.2, 0.25) is 17.6 Å². The van der Waals surface area contributed by atoms with E-state index in [4.69, 9.17) is 9.26 Å². The lowest BCUT2D eigenvalue weighted by molar-refractivity contribution is -0.119. The maximum atomic E-state index is 13.6. The third-order valence-corrected chi connectivity index (χ3v) is 3.18. The highest BCUT2D eigenvalue weighted by Crippen LogP contribution is 2.26. The predicted molar refractivity (Wildman–Crippen MR) is 66.6 cm³/mol. The van der Waals surface area contributed by atoms with E-state index < -0.39 is 5.82 Å². The molecule has 2 aromatic rings. The minimum absolute atomic E-state index is 0.0368. The lowest BCUT2D eigenvalue weighted by Gasteiger charge is -2.02. The molecule has 3 rings (SSSR count). The number of methoxy groups -OCH3 is 1. The molecule has 1 aliphatic rings. The smallest absolute Gasteiger partial charge is 0.232 e. The summed E-state index contributed by atoms with van der Waals surface area (Å²) in [5.41, 5.74) is 0.496. The van der Waals surface area contributed by atoms with E-state index >= 15 is 0 Å². The maximum Gasteiger partial charge on any atom is 0.232 e. The number of nitrogens with one attached hydrogen (secondary N) is 1. The van der Waals surface area contributed by atoms with Crippen LogP contribution in [0.1, 0.15) is 18.2 Å². The molecule has 1 aromatic carbocycles. The van der Waals surface area contributed by atoms with Crippen LogP contribution in [0.3, 0.4) is 0 Å². The Kier molecular flexibility index (Phi) is 3.09. The van der Waals surface area contributed by atoms with Crippen LogP contribution in [-0.4, -0.2) is 29.7 Å². The fraction of sp³-hybridized carbons (Fsp3) is 0.308. The predicted octanol–water partition coefficient (Wildman–Crippen LogP) is 1.49. The molecule has 1 saturated heterocycles. The highest BCUT2D eigenvalue weighted by molar-refractivity contribution is 5.79. The van der Waals surface area contributed by atoms with Gasteiger partial charge in [0.05, 0.1) is 13.0 Å². The van der Waals surface area contributed by atoms with Crippen LogP contribution < -0.4 is 10.1 Å². The molecule has 1 aliphatic heterocycles. The summed E-state index contributed by atoms with van der Waals surface area (Å²) in [4.78, 5) is 15.4. The molecule has 0 saturated carbocycles. The van der Waals surface area contributed by atoms with Crippen molar-refractivity contribution in [3.05, 3.63) is 29.9 Å². The molecular formula is C13H12FN3O3. The number of benzene rings is 1. The second-order valence-corrected chi connectivity index (χ2v) is 4.51. The van der Waals surface area contributed by atoms with Gasteiger partial charge in [0.15, 0.2) is 11.6 Å². The molecule has 0 aliphatic carbocycles. The normalized spacial score (nSPS) is 18.1. The second-order valence-electron chi connectivity index (χ2n) is 4.51. The van der Waals surface area contributed by atoms with Crippen molar-refractivity contribution in [2.75, 3.05) is 13.7 Å². The summed E-state index contributed by atoms with van der Waals surface area (Å²) in [6.45, 7) is 0.484. The Labute approximate surface area is 113 Å². The molecule has 0 spiro atoms. The Morgan fingerprint density at radius 1 is 1.50 bits per heavy atom. The van der Waals surface area contributed by atoms with Gasteiger partial charge in [-0.3, -0.25) is 4.79 Å². The Morgan fingerprint density at radius 2 is 2.35 bits per heavy atom. The van der Waals surface area contributed by atoms with Gasteiger partial charge < -0.3 is 14.6 Å². The zero-order valence-corrected chi connectivity index (χ0v) is 10.7. The first kappa shape index (κ1) is 12.6. The fourth-order valence-electron chi connectivity index (χ4n) is 2.10. The largest absolute Gasteiger partial charge is 0.494 e. The number of rotatable bonds is 3. The maximum absolute atomic E-state index is 13.6. The average Bonchev–Trinajstić information content (AvgIpc) is 3.07. The molecule has 1 N–H and O–H groups in total. The van der Waals surface area contributed by atoms with E-state index in [2.05, 4.69) is 15.5 Å². The molecule has 7 heteroatoms. The lowest BCUT2D eigenvalue weighted by Crippen LogP contribution is -2.13. The van der Waals surface area contributed by atoms with Crippen molar-refractivity contribution in [3.8, 4) is 17.1 Å². The van der Waals surface area contributed by atoms with Crippen molar-refractivity contribution in [1.29, 1.82) is 0 Å². The monoisotopic (exact) mass is 277 g/mol. The molecule has 2 heterocycles. The van der Waals surface area contributed by atoms with Crippen LogP contribution in [-0.2, 0) is 4.79 Å². The van der Waals surface area contributed by atoms with Gasteiger partial charge in [-0.05, 0) is 18.2 Å². The summed E-state index contributed by atoms with van der Waals surface area (Å²) in [5.74, 6) is 0.185. The van der Waals surface area contributed by atoms with E-state index in [0.717, 1.165) is 0 Å². The first-order valence-corrected chi connectivity index (χ1v) is 6.11. The molecule has 1 fully saturated rings. The Hall–Kier alpha value is -2.44. The number of aromatic nitrogens is 2. The third kappa shape index (κ3) is 2.22. The average molecular weight is 277 g/mol. The van der Waals surface area contributed by atoms with E-state index in [1.807, 2.05) is 0 Å². The summed E-state index contributed by atoms with van der Waals surface area (Å²) in [6.07, 6.45) is 0.332. The number of amides is 1. The van der Waals surface area contributed by atoms with Crippen molar-refractivity contribution < 1.29 is 18.4 Å². The second kappa shape index (κ2) is 4.92. The Bertz CT molecular complexity index is 656. The number of hydrogen-bond acceptors (Lipinski definition) is 5. The number of nitrogens with zero attached hydrogens (tertiary/aromatic N) is 2. The number of hydrogen-bond donors (Lipinski definition) is 1. The van der Waals surface area contributed by atoms with Crippen LogP contribution in [0, 0.1) is 5.82 Å². The summed E-state index contributed by atoms with van der Waals surface area (Å²) >= 11 is 0. The van der Waals surface area contributed by atoms with Crippen molar-refractivity contribution >= 4 is 5.91 Å². The van der Waals surface area contributed by atoms with Gasteiger partial charge in [-0.25, -0.2) is 4.39 Å². The van der Waals surface area contributed by atoms with Gasteiger partial charge in [0.25, 0.3) is 0 Å². The molecule has 1 atom stereocenters. The Morgan fingerprint density at radius 3 is 3.00 bits per heavy atom. The van der Waals surface area contributed by atoms with Crippen molar-refractivity contribution in [2.24, 2.45) is 0 Å². The molecular weight excluding hydrogens is 265 g/mol. The molecule has 0 bridgehead atoms. The number of halogens is 1. The van der Waals surface area contributed by atoms with Crippen molar-refractivity contribution in [2.45, 2.75) is 12.3 Å². The van der Waals surface area contributed by atoms with E-state index in [1.165, 1.54) is 19.2 Å². The van der Waals surface area contributed by atoms with E-state index in [-0.39, 0.29) is 17.6 Å². The van der Waals surface area contributed by atoms with Gasteiger partial charge >= 0.3 is 0 Å². The first-order chi connectivity index (χ1) is 9.67. The van der Waals surface area contributed by atoms with E-state index in [0.29, 0.717) is 30.2 Å². The standard InChI is InChI=1S/C13H12FN3O3/c1-19-10-3-2-7(4-9(10)14)12-16-13(20-17-12)8-5-11(18)15-6-8/h2-4,8H,5-6H2,1H3,(H,15,18)/t8-/m1/s1. The molecule has 1 amide bonds. The molecule has 6 nitrogen and oxygen atoms in total. The highest BCUT2D eigenvalue weighted by atomic mass is 19.1. The van der Waals surface area contributed by atoms with Gasteiger partial charge in [0, 0.05) is 18.5 Å². The van der Waals surface area contributed by atoms with Crippen LogP contribution in [0.15, 0.2) is 22.7 Å². The fourth-order valence-corrected chi connectivity index (χ4v) is 2.10. The summed E-state index contributed by atoms with van der Waals surface area (Å²) in [7, 11) is 1.40. The van der Waals surface area contributed by atoms with Crippen molar-refractivity contribution in [3.63, 3.8) is 0 Å². The molecule has 1 aromatic heterocycles. The molecule has 20 heavy (non-hydrogen) atoms. The quantitative estimate of drug-likeness (QED) is 0.919. The summed E-state index contributed by atoms with van der Waals surface area (Å²) in [6, 6.07) is 4.43. The van der Waals surface area contributed by atoms with E-state index in [9.17, 15) is 9.18 Å². The van der Waals surface area contributed by atoms with Crippen LogP contribution in [0.2, 0.25) is 0 Å². The van der Waals surface area contributed by atoms with Crippen LogP contribution in [0.5, 0.6) is 5.75 Å². The number of ether oxygens (including phenoxy) is 1.